The highest BCUT2D eigenvalue weighted by Gasteiger charge is 2.23. The van der Waals surface area contributed by atoms with Gasteiger partial charge in [-0.15, -0.1) is 0 Å². The molecule has 0 spiro atoms. The minimum Gasteiger partial charge on any atom is -0.353 e. The molecule has 1 amide bonds. The van der Waals surface area contributed by atoms with E-state index in [0.29, 0.717) is 22.9 Å². The topological polar surface area (TPSA) is 117 Å². The SMILES string of the molecule is Cc1nonc1CC(=O)NC1CCN(c2nc(C)c(C)c(=O)[nH]2)CC1. The van der Waals surface area contributed by atoms with Gasteiger partial charge >= 0.3 is 0 Å². The van der Waals surface area contributed by atoms with Gasteiger partial charge in [-0.25, -0.2) is 9.61 Å². The summed E-state index contributed by atoms with van der Waals surface area (Å²) in [6, 6.07) is 0.0992. The van der Waals surface area contributed by atoms with E-state index in [-0.39, 0.29) is 23.9 Å². The number of carbonyl (C=O) groups excluding carboxylic acids is 1. The van der Waals surface area contributed by atoms with Crippen molar-refractivity contribution >= 4 is 11.9 Å². The maximum absolute atomic E-state index is 12.1. The van der Waals surface area contributed by atoms with E-state index >= 15 is 0 Å². The Labute approximate surface area is 144 Å². The first-order valence-corrected chi connectivity index (χ1v) is 8.34. The summed E-state index contributed by atoms with van der Waals surface area (Å²) in [4.78, 5) is 33.3. The third kappa shape index (κ3) is 3.86. The second-order valence-corrected chi connectivity index (χ2v) is 6.40. The Balaban J connectivity index is 1.54. The number of carbonyl (C=O) groups is 1. The van der Waals surface area contributed by atoms with Crippen LogP contribution in [-0.2, 0) is 11.2 Å². The van der Waals surface area contributed by atoms with Gasteiger partial charge in [0.1, 0.15) is 11.4 Å². The van der Waals surface area contributed by atoms with Gasteiger partial charge in [-0.2, -0.15) is 0 Å². The number of nitrogens with zero attached hydrogens (tertiary/aromatic N) is 4. The lowest BCUT2D eigenvalue weighted by Crippen LogP contribution is -2.46. The van der Waals surface area contributed by atoms with Gasteiger partial charge in [-0.1, -0.05) is 10.3 Å². The lowest BCUT2D eigenvalue weighted by molar-refractivity contribution is -0.121. The second kappa shape index (κ2) is 7.04. The summed E-state index contributed by atoms with van der Waals surface area (Å²) in [5.74, 6) is 0.511. The van der Waals surface area contributed by atoms with E-state index in [1.165, 1.54) is 0 Å². The first-order chi connectivity index (χ1) is 11.9. The molecular formula is C16H22N6O3. The van der Waals surface area contributed by atoms with Gasteiger partial charge in [-0.3, -0.25) is 14.6 Å². The Morgan fingerprint density at radius 1 is 1.24 bits per heavy atom. The Morgan fingerprint density at radius 2 is 1.96 bits per heavy atom. The molecule has 1 aliphatic rings. The number of H-pyrrole nitrogens is 1. The molecule has 1 fully saturated rings. The molecular weight excluding hydrogens is 324 g/mol. The van der Waals surface area contributed by atoms with Crippen LogP contribution in [0, 0.1) is 20.8 Å². The van der Waals surface area contributed by atoms with Crippen LogP contribution < -0.4 is 15.8 Å². The molecule has 9 heteroatoms. The molecule has 0 saturated carbocycles. The molecule has 1 aliphatic heterocycles. The van der Waals surface area contributed by atoms with Crippen molar-refractivity contribution in [1.82, 2.24) is 25.6 Å². The van der Waals surface area contributed by atoms with Crippen LogP contribution >= 0.6 is 0 Å². The van der Waals surface area contributed by atoms with Gasteiger partial charge in [0.25, 0.3) is 5.56 Å². The maximum Gasteiger partial charge on any atom is 0.255 e. The quantitative estimate of drug-likeness (QED) is 0.823. The van der Waals surface area contributed by atoms with Gasteiger partial charge in [0.05, 0.1) is 6.42 Å². The summed E-state index contributed by atoms with van der Waals surface area (Å²) in [7, 11) is 0. The van der Waals surface area contributed by atoms with Gasteiger partial charge in [0, 0.05) is 30.4 Å². The maximum atomic E-state index is 12.1. The van der Waals surface area contributed by atoms with Crippen molar-refractivity contribution in [1.29, 1.82) is 0 Å². The Hall–Kier alpha value is -2.71. The van der Waals surface area contributed by atoms with Crippen LogP contribution in [0.4, 0.5) is 5.95 Å². The molecule has 1 saturated heterocycles. The number of aromatic amines is 1. The molecule has 134 valence electrons. The van der Waals surface area contributed by atoms with E-state index in [2.05, 4.69) is 30.2 Å². The first-order valence-electron chi connectivity index (χ1n) is 8.34. The molecule has 0 radical (unpaired) electrons. The predicted octanol–water partition coefficient (Wildman–Crippen LogP) is 0.406. The molecule has 0 aliphatic carbocycles. The third-order valence-corrected chi connectivity index (χ3v) is 4.62. The van der Waals surface area contributed by atoms with Gasteiger partial charge in [0.15, 0.2) is 0 Å². The van der Waals surface area contributed by atoms with Crippen LogP contribution in [0.2, 0.25) is 0 Å². The molecule has 0 aromatic carbocycles. The first kappa shape index (κ1) is 17.1. The lowest BCUT2D eigenvalue weighted by Gasteiger charge is -2.32. The Kier molecular flexibility index (Phi) is 4.82. The number of hydrogen-bond donors (Lipinski definition) is 2. The van der Waals surface area contributed by atoms with Crippen molar-refractivity contribution in [2.24, 2.45) is 0 Å². The Bertz CT molecular complexity index is 820. The van der Waals surface area contributed by atoms with Gasteiger partial charge < -0.3 is 10.2 Å². The number of aryl methyl sites for hydroxylation is 2. The van der Waals surface area contributed by atoms with E-state index in [4.69, 9.17) is 0 Å². The zero-order valence-electron chi connectivity index (χ0n) is 14.6. The number of rotatable bonds is 4. The highest BCUT2D eigenvalue weighted by Crippen LogP contribution is 2.16. The molecule has 0 bridgehead atoms. The fraction of sp³-hybridized carbons (Fsp3) is 0.562. The average molecular weight is 346 g/mol. The molecule has 9 nitrogen and oxygen atoms in total. The largest absolute Gasteiger partial charge is 0.353 e. The van der Waals surface area contributed by atoms with Crippen LogP contribution in [0.3, 0.4) is 0 Å². The summed E-state index contributed by atoms with van der Waals surface area (Å²) in [5.41, 5.74) is 2.48. The summed E-state index contributed by atoms with van der Waals surface area (Å²) in [5, 5.41) is 10.4. The molecule has 25 heavy (non-hydrogen) atoms. The number of anilines is 1. The van der Waals surface area contributed by atoms with Crippen LogP contribution in [0.15, 0.2) is 9.42 Å². The van der Waals surface area contributed by atoms with E-state index in [0.717, 1.165) is 31.6 Å². The second-order valence-electron chi connectivity index (χ2n) is 6.40. The van der Waals surface area contributed by atoms with Crippen LogP contribution in [0.1, 0.15) is 35.5 Å². The minimum atomic E-state index is -0.102. The Morgan fingerprint density at radius 3 is 2.56 bits per heavy atom. The summed E-state index contributed by atoms with van der Waals surface area (Å²) < 4.78 is 4.60. The highest BCUT2D eigenvalue weighted by atomic mass is 16.6. The minimum absolute atomic E-state index is 0.0880. The fourth-order valence-electron chi connectivity index (χ4n) is 2.86. The number of nitrogens with one attached hydrogen (secondary N) is 2. The van der Waals surface area contributed by atoms with Crippen LogP contribution in [0.5, 0.6) is 0 Å². The molecule has 0 atom stereocenters. The van der Waals surface area contributed by atoms with Crippen molar-refractivity contribution < 1.29 is 9.42 Å². The van der Waals surface area contributed by atoms with Crippen molar-refractivity contribution in [3.63, 3.8) is 0 Å². The lowest BCUT2D eigenvalue weighted by atomic mass is 10.0. The van der Waals surface area contributed by atoms with E-state index in [9.17, 15) is 9.59 Å². The molecule has 0 unspecified atom stereocenters. The molecule has 2 aromatic rings. The third-order valence-electron chi connectivity index (χ3n) is 4.62. The van der Waals surface area contributed by atoms with E-state index in [1.807, 2.05) is 11.8 Å². The zero-order chi connectivity index (χ0) is 18.0. The molecule has 2 aromatic heterocycles. The number of amides is 1. The van der Waals surface area contributed by atoms with E-state index in [1.54, 1.807) is 13.8 Å². The predicted molar refractivity (Wildman–Crippen MR) is 90.4 cm³/mol. The zero-order valence-corrected chi connectivity index (χ0v) is 14.6. The monoisotopic (exact) mass is 346 g/mol. The summed E-state index contributed by atoms with van der Waals surface area (Å²) in [6.45, 7) is 6.80. The van der Waals surface area contributed by atoms with Crippen LogP contribution in [0.25, 0.3) is 0 Å². The number of hydrogen-bond acceptors (Lipinski definition) is 7. The molecule has 2 N–H and O–H groups in total. The normalized spacial score (nSPS) is 15.4. The molecule has 3 rings (SSSR count). The fourth-order valence-corrected chi connectivity index (χ4v) is 2.86. The smallest absolute Gasteiger partial charge is 0.255 e. The molecule has 3 heterocycles. The average Bonchev–Trinajstić information content (AvgIpc) is 2.97. The van der Waals surface area contributed by atoms with E-state index < -0.39 is 0 Å². The van der Waals surface area contributed by atoms with Crippen molar-refractivity contribution in [2.75, 3.05) is 18.0 Å². The van der Waals surface area contributed by atoms with Gasteiger partial charge in [0.2, 0.25) is 11.9 Å². The number of aromatic nitrogens is 4. The standard InChI is InChI=1S/C16H22N6O3/c1-9-10(2)17-16(19-15(9)24)22-6-4-12(5-7-22)18-14(23)8-13-11(3)20-25-21-13/h12H,4-8H2,1-3H3,(H,18,23)(H,17,19,24). The summed E-state index contributed by atoms with van der Waals surface area (Å²) in [6.07, 6.45) is 1.75. The van der Waals surface area contributed by atoms with Gasteiger partial charge in [-0.05, 0) is 33.6 Å². The van der Waals surface area contributed by atoms with Crippen molar-refractivity contribution in [2.45, 2.75) is 46.1 Å². The highest BCUT2D eigenvalue weighted by molar-refractivity contribution is 5.78. The van der Waals surface area contributed by atoms with Crippen molar-refractivity contribution in [3.05, 3.63) is 33.0 Å². The van der Waals surface area contributed by atoms with Crippen molar-refractivity contribution in [3.8, 4) is 0 Å². The summed E-state index contributed by atoms with van der Waals surface area (Å²) >= 11 is 0. The number of piperidine rings is 1. The van der Waals surface area contributed by atoms with Crippen LogP contribution in [-0.4, -0.2) is 45.3 Å².